The van der Waals surface area contributed by atoms with Gasteiger partial charge in [0.1, 0.15) is 0 Å². The molecule has 0 aliphatic rings. The van der Waals surface area contributed by atoms with Gasteiger partial charge in [-0.3, -0.25) is 9.36 Å². The van der Waals surface area contributed by atoms with Crippen molar-refractivity contribution in [2.45, 2.75) is 0 Å². The van der Waals surface area contributed by atoms with Gasteiger partial charge in [0.05, 0.1) is 12.4 Å². The molecule has 0 spiro atoms. The van der Waals surface area contributed by atoms with Crippen LogP contribution >= 0.6 is 0 Å². The van der Waals surface area contributed by atoms with Crippen LogP contribution in [0.1, 0.15) is 0 Å². The molecular formula is C14H14N4. The summed E-state index contributed by atoms with van der Waals surface area (Å²) in [6.45, 7) is 0. The molecule has 0 atom stereocenters. The Labute approximate surface area is 105 Å². The van der Waals surface area contributed by atoms with Crippen LogP contribution in [0, 0.1) is 0 Å². The third kappa shape index (κ3) is 1.93. The molecule has 0 radical (unpaired) electrons. The summed E-state index contributed by atoms with van der Waals surface area (Å²) in [5.74, 6) is 0. The van der Waals surface area contributed by atoms with Gasteiger partial charge in [0.25, 0.3) is 0 Å². The van der Waals surface area contributed by atoms with E-state index in [1.165, 1.54) is 11.1 Å². The number of aromatic nitrogens is 4. The van der Waals surface area contributed by atoms with Crippen molar-refractivity contribution in [1.29, 1.82) is 0 Å². The predicted octanol–water partition coefficient (Wildman–Crippen LogP) is 2.49. The van der Waals surface area contributed by atoms with Crippen LogP contribution in [-0.2, 0) is 14.1 Å². The van der Waals surface area contributed by atoms with Gasteiger partial charge in [-0.2, -0.15) is 10.2 Å². The van der Waals surface area contributed by atoms with Gasteiger partial charge < -0.3 is 0 Å². The SMILES string of the molecule is Cn1cc(-c2cccc(-c3cnn(C)c3)c2)cn1. The van der Waals surface area contributed by atoms with Crippen molar-refractivity contribution in [2.24, 2.45) is 14.1 Å². The molecule has 0 saturated heterocycles. The fourth-order valence-electron chi connectivity index (χ4n) is 2.02. The Kier molecular flexibility index (Phi) is 2.48. The smallest absolute Gasteiger partial charge is 0.0568 e. The molecule has 3 rings (SSSR count). The number of benzene rings is 1. The maximum Gasteiger partial charge on any atom is 0.0568 e. The highest BCUT2D eigenvalue weighted by molar-refractivity contribution is 5.71. The van der Waals surface area contributed by atoms with E-state index in [1.807, 2.05) is 48.2 Å². The first-order valence-corrected chi connectivity index (χ1v) is 5.80. The van der Waals surface area contributed by atoms with Crippen LogP contribution in [0.4, 0.5) is 0 Å². The number of aryl methyl sites for hydroxylation is 2. The Morgan fingerprint density at radius 3 is 1.67 bits per heavy atom. The number of rotatable bonds is 2. The minimum absolute atomic E-state index is 1.13. The topological polar surface area (TPSA) is 35.6 Å². The predicted molar refractivity (Wildman–Crippen MR) is 70.8 cm³/mol. The van der Waals surface area contributed by atoms with Crippen molar-refractivity contribution in [3.8, 4) is 22.3 Å². The average molecular weight is 238 g/mol. The maximum atomic E-state index is 4.20. The fraction of sp³-hybridized carbons (Fsp3) is 0.143. The van der Waals surface area contributed by atoms with Crippen LogP contribution in [0.3, 0.4) is 0 Å². The third-order valence-electron chi connectivity index (χ3n) is 2.94. The minimum atomic E-state index is 1.13. The fourth-order valence-corrected chi connectivity index (χ4v) is 2.02. The lowest BCUT2D eigenvalue weighted by molar-refractivity contribution is 0.768. The van der Waals surface area contributed by atoms with Crippen molar-refractivity contribution in [3.63, 3.8) is 0 Å². The summed E-state index contributed by atoms with van der Waals surface area (Å²) in [5, 5.41) is 8.40. The van der Waals surface area contributed by atoms with E-state index in [0.717, 1.165) is 11.1 Å². The molecule has 0 unspecified atom stereocenters. The highest BCUT2D eigenvalue weighted by atomic mass is 15.2. The number of hydrogen-bond acceptors (Lipinski definition) is 2. The molecule has 0 N–H and O–H groups in total. The van der Waals surface area contributed by atoms with E-state index >= 15 is 0 Å². The molecule has 1 aromatic carbocycles. The first-order valence-electron chi connectivity index (χ1n) is 5.80. The van der Waals surface area contributed by atoms with Crippen molar-refractivity contribution < 1.29 is 0 Å². The highest BCUT2D eigenvalue weighted by Gasteiger charge is 2.04. The second-order valence-corrected chi connectivity index (χ2v) is 4.39. The zero-order chi connectivity index (χ0) is 12.5. The quantitative estimate of drug-likeness (QED) is 0.687. The Morgan fingerprint density at radius 1 is 0.778 bits per heavy atom. The van der Waals surface area contributed by atoms with Gasteiger partial charge in [0, 0.05) is 37.6 Å². The summed E-state index contributed by atoms with van der Waals surface area (Å²) in [5.41, 5.74) is 4.60. The van der Waals surface area contributed by atoms with Crippen LogP contribution in [-0.4, -0.2) is 19.6 Å². The van der Waals surface area contributed by atoms with Crippen LogP contribution < -0.4 is 0 Å². The molecular weight excluding hydrogens is 224 g/mol. The molecule has 2 aromatic heterocycles. The molecule has 0 aliphatic carbocycles. The van der Waals surface area contributed by atoms with Crippen LogP contribution in [0.2, 0.25) is 0 Å². The summed E-state index contributed by atoms with van der Waals surface area (Å²) < 4.78 is 3.62. The molecule has 0 fully saturated rings. The summed E-state index contributed by atoms with van der Waals surface area (Å²) >= 11 is 0. The highest BCUT2D eigenvalue weighted by Crippen LogP contribution is 2.25. The van der Waals surface area contributed by atoms with E-state index in [1.54, 1.807) is 0 Å². The van der Waals surface area contributed by atoms with Crippen molar-refractivity contribution >= 4 is 0 Å². The summed E-state index contributed by atoms with van der Waals surface area (Å²) in [4.78, 5) is 0. The van der Waals surface area contributed by atoms with E-state index in [-0.39, 0.29) is 0 Å². The normalized spacial score (nSPS) is 10.8. The molecule has 90 valence electrons. The molecule has 2 heterocycles. The van der Waals surface area contributed by atoms with Crippen LogP contribution in [0.15, 0.2) is 49.1 Å². The van der Waals surface area contributed by atoms with Crippen molar-refractivity contribution in [1.82, 2.24) is 19.6 Å². The van der Waals surface area contributed by atoms with Gasteiger partial charge in [0.2, 0.25) is 0 Å². The zero-order valence-corrected chi connectivity index (χ0v) is 10.4. The minimum Gasteiger partial charge on any atom is -0.275 e. The number of hydrogen-bond donors (Lipinski definition) is 0. The third-order valence-corrected chi connectivity index (χ3v) is 2.94. The van der Waals surface area contributed by atoms with Gasteiger partial charge in [-0.1, -0.05) is 18.2 Å². The lowest BCUT2D eigenvalue weighted by Gasteiger charge is -2.01. The van der Waals surface area contributed by atoms with Gasteiger partial charge >= 0.3 is 0 Å². The number of nitrogens with zero attached hydrogens (tertiary/aromatic N) is 4. The molecule has 4 nitrogen and oxygen atoms in total. The first kappa shape index (κ1) is 10.8. The molecule has 0 bridgehead atoms. The molecule has 0 amide bonds. The van der Waals surface area contributed by atoms with Gasteiger partial charge in [-0.15, -0.1) is 0 Å². The van der Waals surface area contributed by atoms with Gasteiger partial charge in [0.15, 0.2) is 0 Å². The zero-order valence-electron chi connectivity index (χ0n) is 10.4. The molecule has 18 heavy (non-hydrogen) atoms. The molecule has 0 aliphatic heterocycles. The van der Waals surface area contributed by atoms with Crippen molar-refractivity contribution in [3.05, 3.63) is 49.1 Å². The summed E-state index contributed by atoms with van der Waals surface area (Å²) in [6, 6.07) is 8.41. The van der Waals surface area contributed by atoms with E-state index in [9.17, 15) is 0 Å². The molecule has 4 heteroatoms. The first-order chi connectivity index (χ1) is 8.72. The second-order valence-electron chi connectivity index (χ2n) is 4.39. The van der Waals surface area contributed by atoms with Gasteiger partial charge in [-0.05, 0) is 17.2 Å². The van der Waals surface area contributed by atoms with E-state index in [2.05, 4.69) is 34.5 Å². The Morgan fingerprint density at radius 2 is 1.28 bits per heavy atom. The molecule has 3 aromatic rings. The Hall–Kier alpha value is -2.36. The largest absolute Gasteiger partial charge is 0.275 e. The maximum absolute atomic E-state index is 4.20. The average Bonchev–Trinajstić information content (AvgIpc) is 2.98. The standard InChI is InChI=1S/C14H14N4/c1-17-9-13(7-15-17)11-4-3-5-12(6-11)14-8-16-18(2)10-14/h3-10H,1-2H3. The monoisotopic (exact) mass is 238 g/mol. The lowest BCUT2D eigenvalue weighted by atomic mass is 10.0. The summed E-state index contributed by atoms with van der Waals surface area (Å²) in [6.07, 6.45) is 7.79. The van der Waals surface area contributed by atoms with Crippen LogP contribution in [0.5, 0.6) is 0 Å². The Bertz CT molecular complexity index is 623. The second kappa shape index (κ2) is 4.14. The van der Waals surface area contributed by atoms with Crippen molar-refractivity contribution in [2.75, 3.05) is 0 Å². The lowest BCUT2D eigenvalue weighted by Crippen LogP contribution is -1.84. The van der Waals surface area contributed by atoms with Gasteiger partial charge in [-0.25, -0.2) is 0 Å². The van der Waals surface area contributed by atoms with E-state index in [4.69, 9.17) is 0 Å². The van der Waals surface area contributed by atoms with Crippen LogP contribution in [0.25, 0.3) is 22.3 Å². The van der Waals surface area contributed by atoms with E-state index in [0.29, 0.717) is 0 Å². The Balaban J connectivity index is 2.04. The summed E-state index contributed by atoms with van der Waals surface area (Å²) in [7, 11) is 3.85. The van der Waals surface area contributed by atoms with E-state index < -0.39 is 0 Å². The molecule has 0 saturated carbocycles.